The van der Waals surface area contributed by atoms with Gasteiger partial charge in [-0.3, -0.25) is 9.20 Å². The summed E-state index contributed by atoms with van der Waals surface area (Å²) in [6.07, 6.45) is 3.50. The number of nitrogens with zero attached hydrogens (tertiary/aromatic N) is 3. The molecule has 0 aliphatic carbocycles. The topological polar surface area (TPSA) is 47.3 Å². The Bertz CT molecular complexity index is 751. The molecule has 0 spiro atoms. The van der Waals surface area contributed by atoms with E-state index in [1.807, 2.05) is 12.3 Å². The van der Waals surface area contributed by atoms with Crippen molar-refractivity contribution in [2.45, 2.75) is 0 Å². The van der Waals surface area contributed by atoms with Crippen LogP contribution in [0.25, 0.3) is 16.7 Å². The van der Waals surface area contributed by atoms with Gasteiger partial charge in [0.25, 0.3) is 5.56 Å². The van der Waals surface area contributed by atoms with Crippen molar-refractivity contribution in [2.24, 2.45) is 0 Å². The Balaban J connectivity index is 2.64. The lowest BCUT2D eigenvalue weighted by molar-refractivity contribution is 1.10. The van der Waals surface area contributed by atoms with E-state index in [2.05, 4.69) is 25.9 Å². The molecule has 0 atom stereocenters. The first-order valence-corrected chi connectivity index (χ1v) is 5.48. The molecule has 0 bridgehead atoms. The zero-order chi connectivity index (χ0) is 11.1. The van der Waals surface area contributed by atoms with Crippen LogP contribution in [0.1, 0.15) is 0 Å². The van der Waals surface area contributed by atoms with Crippen LogP contribution < -0.4 is 5.56 Å². The van der Waals surface area contributed by atoms with Crippen LogP contribution in [0, 0.1) is 0 Å². The van der Waals surface area contributed by atoms with Crippen LogP contribution in [0.3, 0.4) is 0 Å². The normalized spacial score (nSPS) is 11.1. The lowest BCUT2D eigenvalue weighted by Gasteiger charge is -2.03. The summed E-state index contributed by atoms with van der Waals surface area (Å²) in [6.45, 7) is 0. The van der Waals surface area contributed by atoms with E-state index < -0.39 is 0 Å². The van der Waals surface area contributed by atoms with Crippen LogP contribution in [0.2, 0.25) is 0 Å². The zero-order valence-corrected chi connectivity index (χ0v) is 9.68. The maximum Gasteiger partial charge on any atom is 0.282 e. The molecular weight excluding hydrogens is 270 g/mol. The summed E-state index contributed by atoms with van der Waals surface area (Å²) in [4.78, 5) is 19.9. The van der Waals surface area contributed by atoms with Gasteiger partial charge in [0.05, 0.1) is 5.39 Å². The molecule has 0 fully saturated rings. The molecule has 3 rings (SSSR count). The Morgan fingerprint density at radius 2 is 2.19 bits per heavy atom. The van der Waals surface area contributed by atoms with E-state index in [4.69, 9.17) is 0 Å². The molecule has 78 valence electrons. The second-order valence-corrected chi connectivity index (χ2v) is 4.28. The zero-order valence-electron chi connectivity index (χ0n) is 8.09. The third-order valence-corrected chi connectivity index (χ3v) is 2.85. The Labute approximate surface area is 98.7 Å². The van der Waals surface area contributed by atoms with E-state index in [1.165, 1.54) is 0 Å². The number of rotatable bonds is 0. The highest BCUT2D eigenvalue weighted by molar-refractivity contribution is 9.10. The van der Waals surface area contributed by atoms with Crippen LogP contribution in [0.15, 0.2) is 45.9 Å². The summed E-state index contributed by atoms with van der Waals surface area (Å²) in [5, 5.41) is 0.530. The fraction of sp³-hybridized carbons (Fsp3) is 0. The molecule has 5 heteroatoms. The lowest BCUT2D eigenvalue weighted by Crippen LogP contribution is -2.11. The first kappa shape index (κ1) is 9.47. The Morgan fingerprint density at radius 3 is 3.06 bits per heavy atom. The van der Waals surface area contributed by atoms with Crippen LogP contribution in [-0.2, 0) is 0 Å². The van der Waals surface area contributed by atoms with Crippen LogP contribution >= 0.6 is 15.9 Å². The lowest BCUT2D eigenvalue weighted by atomic mass is 10.3. The van der Waals surface area contributed by atoms with Gasteiger partial charge in [-0.1, -0.05) is 15.9 Å². The van der Waals surface area contributed by atoms with Crippen LogP contribution in [0.4, 0.5) is 0 Å². The standard InChI is InChI=1S/C11H6BrN3O/c12-7-3-5-15-9(6-7)14-11(16)8-2-1-4-13-10(8)15/h1-6H. The molecule has 0 aliphatic heterocycles. The third-order valence-electron chi connectivity index (χ3n) is 2.36. The molecule has 0 aliphatic rings. The Kier molecular flexibility index (Phi) is 2.00. The highest BCUT2D eigenvalue weighted by Crippen LogP contribution is 2.14. The molecule has 3 heterocycles. The van der Waals surface area contributed by atoms with Gasteiger partial charge in [-0.05, 0) is 24.3 Å². The summed E-state index contributed by atoms with van der Waals surface area (Å²) in [5.74, 6) is 0. The number of aromatic nitrogens is 3. The molecule has 16 heavy (non-hydrogen) atoms. The second kappa shape index (κ2) is 3.38. The van der Waals surface area contributed by atoms with E-state index in [9.17, 15) is 4.79 Å². The van der Waals surface area contributed by atoms with Gasteiger partial charge in [0.1, 0.15) is 5.65 Å². The molecule has 4 nitrogen and oxygen atoms in total. The highest BCUT2D eigenvalue weighted by atomic mass is 79.9. The van der Waals surface area contributed by atoms with E-state index in [0.29, 0.717) is 16.7 Å². The average molecular weight is 276 g/mol. The summed E-state index contributed by atoms with van der Waals surface area (Å²) < 4.78 is 2.68. The van der Waals surface area contributed by atoms with Crippen molar-refractivity contribution < 1.29 is 0 Å². The van der Waals surface area contributed by atoms with Gasteiger partial charge in [-0.2, -0.15) is 4.98 Å². The molecule has 0 amide bonds. The predicted molar refractivity (Wildman–Crippen MR) is 64.5 cm³/mol. The molecule has 0 radical (unpaired) electrons. The minimum atomic E-state index is -0.249. The molecule has 0 saturated heterocycles. The molecule has 0 aromatic carbocycles. The van der Waals surface area contributed by atoms with E-state index in [-0.39, 0.29) is 5.56 Å². The summed E-state index contributed by atoms with van der Waals surface area (Å²) >= 11 is 3.35. The summed E-state index contributed by atoms with van der Waals surface area (Å²) in [7, 11) is 0. The fourth-order valence-corrected chi connectivity index (χ4v) is 1.97. The number of halogens is 1. The number of pyridine rings is 2. The molecule has 0 saturated carbocycles. The predicted octanol–water partition coefficient (Wildman–Crippen LogP) is 2.01. The first-order valence-electron chi connectivity index (χ1n) is 4.68. The number of fused-ring (bicyclic) bond motifs is 3. The van der Waals surface area contributed by atoms with E-state index in [0.717, 1.165) is 4.47 Å². The van der Waals surface area contributed by atoms with Crippen molar-refractivity contribution in [3.8, 4) is 0 Å². The second-order valence-electron chi connectivity index (χ2n) is 3.36. The fourth-order valence-electron chi connectivity index (χ4n) is 1.65. The molecular formula is C11H6BrN3O. The summed E-state index contributed by atoms with van der Waals surface area (Å²) in [5.41, 5.74) is 0.969. The van der Waals surface area contributed by atoms with Crippen LogP contribution in [0.5, 0.6) is 0 Å². The molecule has 3 aromatic heterocycles. The minimum absolute atomic E-state index is 0.249. The largest absolute Gasteiger partial charge is 0.285 e. The number of hydrogen-bond donors (Lipinski definition) is 0. The van der Waals surface area contributed by atoms with Crippen molar-refractivity contribution in [1.29, 1.82) is 0 Å². The van der Waals surface area contributed by atoms with Crippen molar-refractivity contribution >= 4 is 32.6 Å². The molecule has 0 N–H and O–H groups in total. The third kappa shape index (κ3) is 1.32. The molecule has 3 aromatic rings. The Morgan fingerprint density at radius 1 is 1.31 bits per heavy atom. The maximum atomic E-state index is 11.7. The van der Waals surface area contributed by atoms with Crippen molar-refractivity contribution in [2.75, 3.05) is 0 Å². The number of hydrogen-bond acceptors (Lipinski definition) is 3. The van der Waals surface area contributed by atoms with Crippen molar-refractivity contribution in [1.82, 2.24) is 14.4 Å². The monoisotopic (exact) mass is 275 g/mol. The highest BCUT2D eigenvalue weighted by Gasteiger charge is 2.05. The SMILES string of the molecule is O=c1nc2cc(Br)ccn2c2ncccc12. The maximum absolute atomic E-state index is 11.7. The van der Waals surface area contributed by atoms with Crippen molar-refractivity contribution in [3.63, 3.8) is 0 Å². The summed E-state index contributed by atoms with van der Waals surface area (Å²) in [6, 6.07) is 7.13. The van der Waals surface area contributed by atoms with Gasteiger partial charge in [0.15, 0.2) is 5.65 Å². The average Bonchev–Trinajstić information content (AvgIpc) is 2.29. The van der Waals surface area contributed by atoms with E-state index >= 15 is 0 Å². The van der Waals surface area contributed by atoms with Crippen molar-refractivity contribution in [3.05, 3.63) is 51.5 Å². The molecule has 0 unspecified atom stereocenters. The first-order chi connectivity index (χ1) is 7.75. The smallest absolute Gasteiger partial charge is 0.282 e. The van der Waals surface area contributed by atoms with Gasteiger partial charge in [-0.15, -0.1) is 0 Å². The van der Waals surface area contributed by atoms with Gasteiger partial charge >= 0.3 is 0 Å². The minimum Gasteiger partial charge on any atom is -0.285 e. The van der Waals surface area contributed by atoms with Gasteiger partial charge in [0, 0.05) is 16.9 Å². The quantitative estimate of drug-likeness (QED) is 0.590. The van der Waals surface area contributed by atoms with Gasteiger partial charge < -0.3 is 0 Å². The van der Waals surface area contributed by atoms with E-state index in [1.54, 1.807) is 28.8 Å². The van der Waals surface area contributed by atoms with Gasteiger partial charge in [-0.25, -0.2) is 4.98 Å². The van der Waals surface area contributed by atoms with Crippen LogP contribution in [-0.4, -0.2) is 14.4 Å². The Hall–Kier alpha value is -1.75. The van der Waals surface area contributed by atoms with Gasteiger partial charge in [0.2, 0.25) is 0 Å².